The topological polar surface area (TPSA) is 38.3 Å². The van der Waals surface area contributed by atoms with Gasteiger partial charge in [-0.2, -0.15) is 0 Å². The van der Waals surface area contributed by atoms with Crippen molar-refractivity contribution in [3.8, 4) is 0 Å². The van der Waals surface area contributed by atoms with Crippen LogP contribution in [0.2, 0.25) is 0 Å². The number of hydrogen-bond donors (Lipinski definition) is 0. The van der Waals surface area contributed by atoms with E-state index in [4.69, 9.17) is 4.74 Å². The minimum absolute atomic E-state index is 0.184. The molecule has 94 valence electrons. The zero-order chi connectivity index (χ0) is 12.3. The SMILES string of the molecule is CC1OC(Sc2ncccn2)CCC1N(C)C. The molecule has 1 aromatic heterocycles. The third kappa shape index (κ3) is 3.40. The summed E-state index contributed by atoms with van der Waals surface area (Å²) in [6, 6.07) is 2.35. The summed E-state index contributed by atoms with van der Waals surface area (Å²) in [5, 5.41) is 0.799. The molecule has 1 aliphatic heterocycles. The van der Waals surface area contributed by atoms with E-state index < -0.39 is 0 Å². The fraction of sp³-hybridized carbons (Fsp3) is 0.667. The zero-order valence-electron chi connectivity index (χ0n) is 10.5. The standard InChI is InChI=1S/C12H19N3OS/c1-9-10(15(2)3)5-6-11(16-9)17-12-13-7-4-8-14-12/h4,7-11H,5-6H2,1-3H3. The summed E-state index contributed by atoms with van der Waals surface area (Å²) in [6.45, 7) is 2.14. The molecule has 0 aliphatic carbocycles. The molecule has 0 radical (unpaired) electrons. The van der Waals surface area contributed by atoms with Gasteiger partial charge in [0.05, 0.1) is 6.10 Å². The molecule has 1 aromatic rings. The molecule has 0 spiro atoms. The summed E-state index contributed by atoms with van der Waals surface area (Å²) in [6.07, 6.45) is 6.02. The van der Waals surface area contributed by atoms with Crippen LogP contribution in [0.15, 0.2) is 23.6 Å². The van der Waals surface area contributed by atoms with Crippen LogP contribution in [0, 0.1) is 0 Å². The highest BCUT2D eigenvalue weighted by atomic mass is 32.2. The van der Waals surface area contributed by atoms with Crippen molar-refractivity contribution < 1.29 is 4.74 Å². The molecule has 5 heteroatoms. The molecule has 0 N–H and O–H groups in total. The molecule has 3 unspecified atom stereocenters. The van der Waals surface area contributed by atoms with Crippen molar-refractivity contribution in [1.29, 1.82) is 0 Å². The number of aromatic nitrogens is 2. The Labute approximate surface area is 107 Å². The molecule has 2 heterocycles. The van der Waals surface area contributed by atoms with E-state index >= 15 is 0 Å². The van der Waals surface area contributed by atoms with E-state index in [1.807, 2.05) is 6.07 Å². The van der Waals surface area contributed by atoms with Gasteiger partial charge in [0, 0.05) is 18.4 Å². The summed E-state index contributed by atoms with van der Waals surface area (Å²) in [5.74, 6) is 0. The highest BCUT2D eigenvalue weighted by molar-refractivity contribution is 7.99. The van der Waals surface area contributed by atoms with Crippen molar-refractivity contribution in [2.45, 2.75) is 42.5 Å². The van der Waals surface area contributed by atoms with E-state index in [9.17, 15) is 0 Å². The maximum Gasteiger partial charge on any atom is 0.189 e. The van der Waals surface area contributed by atoms with Crippen molar-refractivity contribution in [2.24, 2.45) is 0 Å². The monoisotopic (exact) mass is 253 g/mol. The van der Waals surface area contributed by atoms with Gasteiger partial charge in [-0.1, -0.05) is 11.8 Å². The van der Waals surface area contributed by atoms with Gasteiger partial charge in [0.25, 0.3) is 0 Å². The summed E-state index contributed by atoms with van der Waals surface area (Å²) >= 11 is 1.62. The first-order chi connectivity index (χ1) is 8.16. The quantitative estimate of drug-likeness (QED) is 0.771. The average molecular weight is 253 g/mol. The van der Waals surface area contributed by atoms with Crippen molar-refractivity contribution in [1.82, 2.24) is 14.9 Å². The van der Waals surface area contributed by atoms with Crippen LogP contribution in [0.3, 0.4) is 0 Å². The Kier molecular flexibility index (Phi) is 4.36. The normalized spacial score (nSPS) is 29.5. The number of ether oxygens (including phenoxy) is 1. The summed E-state index contributed by atoms with van der Waals surface area (Å²) in [4.78, 5) is 10.7. The second kappa shape index (κ2) is 5.80. The van der Waals surface area contributed by atoms with Crippen LogP contribution in [0.1, 0.15) is 19.8 Å². The lowest BCUT2D eigenvalue weighted by atomic mass is 10.0. The van der Waals surface area contributed by atoms with Crippen LogP contribution in [0.4, 0.5) is 0 Å². The summed E-state index contributed by atoms with van der Waals surface area (Å²) in [7, 11) is 4.22. The van der Waals surface area contributed by atoms with Gasteiger partial charge in [0.1, 0.15) is 5.44 Å². The van der Waals surface area contributed by atoms with Gasteiger partial charge >= 0.3 is 0 Å². The maximum absolute atomic E-state index is 6.01. The van der Waals surface area contributed by atoms with Crippen molar-refractivity contribution in [3.05, 3.63) is 18.5 Å². The Balaban J connectivity index is 1.90. The number of thioether (sulfide) groups is 1. The number of hydrogen-bond acceptors (Lipinski definition) is 5. The number of rotatable bonds is 3. The number of nitrogens with zero attached hydrogens (tertiary/aromatic N) is 3. The largest absolute Gasteiger partial charge is 0.363 e. The highest BCUT2D eigenvalue weighted by Gasteiger charge is 2.30. The van der Waals surface area contributed by atoms with Gasteiger partial charge < -0.3 is 9.64 Å². The van der Waals surface area contributed by atoms with Gasteiger partial charge in [-0.3, -0.25) is 0 Å². The second-order valence-corrected chi connectivity index (χ2v) is 5.65. The van der Waals surface area contributed by atoms with E-state index in [0.29, 0.717) is 6.04 Å². The molecule has 0 bridgehead atoms. The molecule has 1 fully saturated rings. The third-order valence-electron chi connectivity index (χ3n) is 3.05. The van der Waals surface area contributed by atoms with Crippen molar-refractivity contribution >= 4 is 11.8 Å². The van der Waals surface area contributed by atoms with Crippen LogP contribution in [0.5, 0.6) is 0 Å². The molecule has 17 heavy (non-hydrogen) atoms. The molecule has 0 saturated carbocycles. The van der Waals surface area contributed by atoms with Gasteiger partial charge in [0.2, 0.25) is 0 Å². The lowest BCUT2D eigenvalue weighted by molar-refractivity contribution is -0.0430. The van der Waals surface area contributed by atoms with Crippen LogP contribution >= 0.6 is 11.8 Å². The maximum atomic E-state index is 6.01. The molecule has 1 saturated heterocycles. The van der Waals surface area contributed by atoms with Crippen LogP contribution in [-0.4, -0.2) is 46.5 Å². The van der Waals surface area contributed by atoms with Crippen molar-refractivity contribution in [3.63, 3.8) is 0 Å². The Bertz CT molecular complexity index is 347. The van der Waals surface area contributed by atoms with Crippen LogP contribution in [-0.2, 0) is 4.74 Å². The molecular formula is C12H19N3OS. The predicted octanol–water partition coefficient (Wildman–Crippen LogP) is 2.02. The first kappa shape index (κ1) is 12.8. The van der Waals surface area contributed by atoms with E-state index in [0.717, 1.165) is 11.6 Å². The molecule has 0 aromatic carbocycles. The smallest absolute Gasteiger partial charge is 0.189 e. The van der Waals surface area contributed by atoms with Crippen LogP contribution < -0.4 is 0 Å². The Hall–Kier alpha value is -0.650. The van der Waals surface area contributed by atoms with E-state index in [2.05, 4.69) is 35.9 Å². The fourth-order valence-electron chi connectivity index (χ4n) is 2.17. The molecule has 4 nitrogen and oxygen atoms in total. The van der Waals surface area contributed by atoms with Gasteiger partial charge in [-0.25, -0.2) is 9.97 Å². The van der Waals surface area contributed by atoms with E-state index in [1.165, 1.54) is 6.42 Å². The van der Waals surface area contributed by atoms with E-state index in [1.54, 1.807) is 24.2 Å². The number of likely N-dealkylation sites (N-methyl/N-ethyl adjacent to an activating group) is 1. The molecule has 1 aliphatic rings. The lowest BCUT2D eigenvalue weighted by Crippen LogP contribution is -2.44. The van der Waals surface area contributed by atoms with Crippen LogP contribution in [0.25, 0.3) is 0 Å². The minimum atomic E-state index is 0.184. The molecule has 3 atom stereocenters. The second-order valence-electron chi connectivity index (χ2n) is 4.53. The Morgan fingerprint density at radius 1 is 1.29 bits per heavy atom. The average Bonchev–Trinajstić information content (AvgIpc) is 2.30. The zero-order valence-corrected chi connectivity index (χ0v) is 11.4. The molecule has 2 rings (SSSR count). The predicted molar refractivity (Wildman–Crippen MR) is 68.9 cm³/mol. The Morgan fingerprint density at radius 3 is 2.59 bits per heavy atom. The molecular weight excluding hydrogens is 234 g/mol. The summed E-state index contributed by atoms with van der Waals surface area (Å²) < 4.78 is 6.01. The van der Waals surface area contributed by atoms with Gasteiger partial charge in [0.15, 0.2) is 5.16 Å². The van der Waals surface area contributed by atoms with Crippen molar-refractivity contribution in [2.75, 3.05) is 14.1 Å². The lowest BCUT2D eigenvalue weighted by Gasteiger charge is -2.37. The highest BCUT2D eigenvalue weighted by Crippen LogP contribution is 2.31. The van der Waals surface area contributed by atoms with Gasteiger partial charge in [-0.15, -0.1) is 0 Å². The fourth-order valence-corrected chi connectivity index (χ4v) is 3.13. The first-order valence-corrected chi connectivity index (χ1v) is 6.80. The first-order valence-electron chi connectivity index (χ1n) is 5.92. The Morgan fingerprint density at radius 2 is 2.00 bits per heavy atom. The van der Waals surface area contributed by atoms with Gasteiger partial charge in [-0.05, 0) is 39.9 Å². The summed E-state index contributed by atoms with van der Waals surface area (Å²) in [5.41, 5.74) is 0.184. The minimum Gasteiger partial charge on any atom is -0.363 e. The third-order valence-corrected chi connectivity index (χ3v) is 4.08. The van der Waals surface area contributed by atoms with E-state index in [-0.39, 0.29) is 11.5 Å². The molecule has 0 amide bonds.